The molecule has 1 fully saturated rings. The second-order valence-electron chi connectivity index (χ2n) is 4.43. The molecule has 1 aromatic carbocycles. The zero-order valence-corrected chi connectivity index (χ0v) is 12.9. The van der Waals surface area contributed by atoms with E-state index in [1.165, 1.54) is 22.5 Å². The third kappa shape index (κ3) is 3.06. The first kappa shape index (κ1) is 15.1. The van der Waals surface area contributed by atoms with Crippen molar-refractivity contribution in [3.05, 3.63) is 28.2 Å². The minimum atomic E-state index is -3.52. The maximum absolute atomic E-state index is 12.6. The maximum Gasteiger partial charge on any atom is 0.243 e. The maximum atomic E-state index is 12.6. The van der Waals surface area contributed by atoms with Gasteiger partial charge in [-0.25, -0.2) is 8.42 Å². The van der Waals surface area contributed by atoms with E-state index in [0.717, 1.165) is 13.0 Å². The molecule has 106 valence electrons. The SMILES string of the molecule is CCN(C1CCNC1)S(=O)(=O)c1ccc(Cl)c(Cl)c1. The summed E-state index contributed by atoms with van der Waals surface area (Å²) >= 11 is 11.7. The zero-order chi connectivity index (χ0) is 14.0. The Morgan fingerprint density at radius 1 is 1.37 bits per heavy atom. The van der Waals surface area contributed by atoms with Gasteiger partial charge in [0.05, 0.1) is 14.9 Å². The van der Waals surface area contributed by atoms with Gasteiger partial charge in [-0.3, -0.25) is 0 Å². The van der Waals surface area contributed by atoms with Crippen molar-refractivity contribution in [3.8, 4) is 0 Å². The number of sulfonamides is 1. The topological polar surface area (TPSA) is 49.4 Å². The Morgan fingerprint density at radius 2 is 2.11 bits per heavy atom. The molecule has 0 amide bonds. The van der Waals surface area contributed by atoms with Gasteiger partial charge in [0.1, 0.15) is 0 Å². The normalized spacial score (nSPS) is 20.1. The fourth-order valence-corrected chi connectivity index (χ4v) is 4.34. The van der Waals surface area contributed by atoms with E-state index >= 15 is 0 Å². The molecule has 1 aliphatic rings. The van der Waals surface area contributed by atoms with Gasteiger partial charge in [-0.1, -0.05) is 30.1 Å². The Labute approximate surface area is 123 Å². The van der Waals surface area contributed by atoms with E-state index in [-0.39, 0.29) is 16.0 Å². The Hall–Kier alpha value is -0.330. The third-order valence-electron chi connectivity index (χ3n) is 3.25. The molecule has 1 unspecified atom stereocenters. The van der Waals surface area contributed by atoms with Crippen LogP contribution in [0, 0.1) is 0 Å². The highest BCUT2D eigenvalue weighted by Gasteiger charge is 2.32. The van der Waals surface area contributed by atoms with Gasteiger partial charge >= 0.3 is 0 Å². The molecule has 2 rings (SSSR count). The van der Waals surface area contributed by atoms with E-state index in [4.69, 9.17) is 23.2 Å². The molecule has 1 atom stereocenters. The third-order valence-corrected chi connectivity index (χ3v) is 6.01. The van der Waals surface area contributed by atoms with Gasteiger partial charge < -0.3 is 5.32 Å². The average molecular weight is 323 g/mol. The van der Waals surface area contributed by atoms with Gasteiger partial charge in [0.15, 0.2) is 0 Å². The summed E-state index contributed by atoms with van der Waals surface area (Å²) in [6.07, 6.45) is 0.828. The predicted molar refractivity (Wildman–Crippen MR) is 77.3 cm³/mol. The number of hydrogen-bond acceptors (Lipinski definition) is 3. The summed E-state index contributed by atoms with van der Waals surface area (Å²) in [4.78, 5) is 0.190. The molecule has 1 N–H and O–H groups in total. The van der Waals surface area contributed by atoms with Crippen molar-refractivity contribution in [3.63, 3.8) is 0 Å². The van der Waals surface area contributed by atoms with Gasteiger partial charge in [-0.15, -0.1) is 0 Å². The van der Waals surface area contributed by atoms with E-state index in [2.05, 4.69) is 5.32 Å². The first-order valence-electron chi connectivity index (χ1n) is 6.14. The average Bonchev–Trinajstić information content (AvgIpc) is 2.86. The van der Waals surface area contributed by atoms with Crippen LogP contribution in [-0.2, 0) is 10.0 Å². The lowest BCUT2D eigenvalue weighted by atomic mass is 10.3. The van der Waals surface area contributed by atoms with Crippen molar-refractivity contribution in [2.24, 2.45) is 0 Å². The van der Waals surface area contributed by atoms with E-state index in [0.29, 0.717) is 18.1 Å². The van der Waals surface area contributed by atoms with Crippen molar-refractivity contribution in [1.82, 2.24) is 9.62 Å². The molecule has 0 aliphatic carbocycles. The predicted octanol–water partition coefficient (Wildman–Crippen LogP) is 2.37. The van der Waals surface area contributed by atoms with Crippen LogP contribution in [0.3, 0.4) is 0 Å². The molecule has 1 aliphatic heterocycles. The van der Waals surface area contributed by atoms with Crippen LogP contribution < -0.4 is 5.32 Å². The van der Waals surface area contributed by atoms with Crippen LogP contribution in [0.1, 0.15) is 13.3 Å². The summed E-state index contributed by atoms with van der Waals surface area (Å²) in [5.74, 6) is 0. The molecule has 1 saturated heterocycles. The van der Waals surface area contributed by atoms with Crippen molar-refractivity contribution >= 4 is 33.2 Å². The van der Waals surface area contributed by atoms with Crippen LogP contribution in [0.5, 0.6) is 0 Å². The van der Waals surface area contributed by atoms with Crippen LogP contribution in [-0.4, -0.2) is 38.4 Å². The minimum absolute atomic E-state index is 0.00412. The van der Waals surface area contributed by atoms with Crippen molar-refractivity contribution in [1.29, 1.82) is 0 Å². The highest BCUT2D eigenvalue weighted by molar-refractivity contribution is 7.89. The van der Waals surface area contributed by atoms with Gasteiger partial charge in [-0.2, -0.15) is 4.31 Å². The van der Waals surface area contributed by atoms with Crippen LogP contribution in [0.25, 0.3) is 0 Å². The number of likely N-dealkylation sites (N-methyl/N-ethyl adjacent to an activating group) is 1. The van der Waals surface area contributed by atoms with Crippen molar-refractivity contribution < 1.29 is 8.42 Å². The summed E-state index contributed by atoms with van der Waals surface area (Å²) < 4.78 is 26.7. The molecule has 1 aromatic rings. The van der Waals surface area contributed by atoms with Crippen LogP contribution in [0.4, 0.5) is 0 Å². The molecular formula is C12H16Cl2N2O2S. The first-order valence-corrected chi connectivity index (χ1v) is 8.34. The monoisotopic (exact) mass is 322 g/mol. The van der Waals surface area contributed by atoms with Crippen LogP contribution in [0.15, 0.2) is 23.1 Å². The summed E-state index contributed by atoms with van der Waals surface area (Å²) in [6, 6.07) is 4.42. The number of hydrogen-bond donors (Lipinski definition) is 1. The molecule has 0 saturated carbocycles. The molecule has 4 nitrogen and oxygen atoms in total. The van der Waals surface area contributed by atoms with E-state index in [9.17, 15) is 8.42 Å². The lowest BCUT2D eigenvalue weighted by Gasteiger charge is -2.26. The lowest BCUT2D eigenvalue weighted by molar-refractivity contribution is 0.349. The Balaban J connectivity index is 2.36. The summed E-state index contributed by atoms with van der Waals surface area (Å²) in [7, 11) is -3.52. The second-order valence-corrected chi connectivity index (χ2v) is 7.14. The fourth-order valence-electron chi connectivity index (χ4n) is 2.28. The quantitative estimate of drug-likeness (QED) is 0.925. The van der Waals surface area contributed by atoms with Gasteiger partial charge in [0.25, 0.3) is 0 Å². The molecule has 0 aromatic heterocycles. The first-order chi connectivity index (χ1) is 8.96. The van der Waals surface area contributed by atoms with Crippen LogP contribution >= 0.6 is 23.2 Å². The van der Waals surface area contributed by atoms with Gasteiger partial charge in [0.2, 0.25) is 10.0 Å². The minimum Gasteiger partial charge on any atom is -0.315 e. The molecule has 7 heteroatoms. The molecular weight excluding hydrogens is 307 g/mol. The Morgan fingerprint density at radius 3 is 2.63 bits per heavy atom. The fraction of sp³-hybridized carbons (Fsp3) is 0.500. The molecule has 0 bridgehead atoms. The van der Waals surface area contributed by atoms with Gasteiger partial charge in [-0.05, 0) is 31.2 Å². The largest absolute Gasteiger partial charge is 0.315 e. The highest BCUT2D eigenvalue weighted by atomic mass is 35.5. The number of nitrogens with zero attached hydrogens (tertiary/aromatic N) is 1. The Bertz CT molecular complexity index is 557. The highest BCUT2D eigenvalue weighted by Crippen LogP contribution is 2.27. The summed E-state index contributed by atoms with van der Waals surface area (Å²) in [6.45, 7) is 3.81. The molecule has 1 heterocycles. The smallest absolute Gasteiger partial charge is 0.243 e. The molecule has 0 radical (unpaired) electrons. The van der Waals surface area contributed by atoms with E-state index in [1.807, 2.05) is 6.92 Å². The van der Waals surface area contributed by atoms with Gasteiger partial charge in [0, 0.05) is 19.1 Å². The molecule has 19 heavy (non-hydrogen) atoms. The second kappa shape index (κ2) is 5.97. The lowest BCUT2D eigenvalue weighted by Crippen LogP contribution is -2.41. The van der Waals surface area contributed by atoms with Crippen molar-refractivity contribution in [2.75, 3.05) is 19.6 Å². The Kier molecular flexibility index (Phi) is 4.74. The summed E-state index contributed by atoms with van der Waals surface area (Å²) in [5, 5.41) is 3.78. The number of rotatable bonds is 4. The van der Waals surface area contributed by atoms with E-state index < -0.39 is 10.0 Å². The zero-order valence-electron chi connectivity index (χ0n) is 10.6. The molecule has 0 spiro atoms. The summed E-state index contributed by atoms with van der Waals surface area (Å²) in [5.41, 5.74) is 0. The standard InChI is InChI=1S/C12H16Cl2N2O2S/c1-2-16(9-5-6-15-8-9)19(17,18)10-3-4-11(13)12(14)7-10/h3-4,7,9,15H,2,5-6,8H2,1H3. The number of halogens is 2. The number of benzene rings is 1. The van der Waals surface area contributed by atoms with Crippen LogP contribution in [0.2, 0.25) is 10.0 Å². The van der Waals surface area contributed by atoms with Crippen molar-refractivity contribution in [2.45, 2.75) is 24.3 Å². The number of nitrogens with one attached hydrogen (secondary N) is 1. The van der Waals surface area contributed by atoms with E-state index in [1.54, 1.807) is 0 Å².